The Morgan fingerprint density at radius 3 is 2.44 bits per heavy atom. The maximum absolute atomic E-state index is 11.0. The van der Waals surface area contributed by atoms with Crippen molar-refractivity contribution in [2.75, 3.05) is 13.2 Å². The minimum atomic E-state index is -0.759. The summed E-state index contributed by atoms with van der Waals surface area (Å²) in [6, 6.07) is -0.208. The van der Waals surface area contributed by atoms with Gasteiger partial charge in [-0.3, -0.25) is 0 Å². The highest BCUT2D eigenvalue weighted by molar-refractivity contribution is 5.96. The van der Waals surface area contributed by atoms with Crippen LogP contribution in [0, 0.1) is 0 Å². The maximum Gasteiger partial charge on any atom is 0.338 e. The summed E-state index contributed by atoms with van der Waals surface area (Å²) in [6.45, 7) is 4.32. The molecule has 0 aliphatic heterocycles. The number of hydrogen-bond donors (Lipinski definition) is 1. The smallest absolute Gasteiger partial charge is 0.338 e. The third kappa shape index (κ3) is 7.54. The van der Waals surface area contributed by atoms with E-state index in [1.54, 1.807) is 6.92 Å². The molecule has 2 N–H and O–H groups in total. The van der Waals surface area contributed by atoms with Gasteiger partial charge in [-0.15, -0.1) is 0 Å². The zero-order chi connectivity index (χ0) is 12.4. The summed E-state index contributed by atoms with van der Waals surface area (Å²) in [5.41, 5.74) is 5.28. The van der Waals surface area contributed by atoms with Gasteiger partial charge in [-0.05, 0) is 13.3 Å². The van der Waals surface area contributed by atoms with Crippen LogP contribution in [0.15, 0.2) is 17.1 Å². The fourth-order valence-corrected chi connectivity index (χ4v) is 0.718. The van der Waals surface area contributed by atoms with Gasteiger partial charge in [0.25, 0.3) is 6.02 Å². The largest absolute Gasteiger partial charge is 0.463 e. The summed E-state index contributed by atoms with van der Waals surface area (Å²) in [7, 11) is 0. The number of amidine groups is 1. The van der Waals surface area contributed by atoms with Crippen LogP contribution in [-0.2, 0) is 19.1 Å². The second kappa shape index (κ2) is 8.46. The molecule has 0 saturated heterocycles. The minimum Gasteiger partial charge on any atom is -0.463 e. The van der Waals surface area contributed by atoms with Gasteiger partial charge in [0.15, 0.2) is 0 Å². The van der Waals surface area contributed by atoms with Gasteiger partial charge in [0.1, 0.15) is 0 Å². The van der Waals surface area contributed by atoms with Crippen LogP contribution in [0.2, 0.25) is 0 Å². The molecule has 0 aromatic heterocycles. The lowest BCUT2D eigenvalue weighted by molar-refractivity contribution is -0.138. The first-order chi connectivity index (χ1) is 7.60. The average molecular weight is 228 g/mol. The summed E-state index contributed by atoms with van der Waals surface area (Å²) in [4.78, 5) is 25.6. The van der Waals surface area contributed by atoms with Crippen molar-refractivity contribution in [3.8, 4) is 0 Å². The van der Waals surface area contributed by atoms with Gasteiger partial charge in [-0.25, -0.2) is 14.6 Å². The van der Waals surface area contributed by atoms with E-state index in [0.717, 1.165) is 18.6 Å². The number of nitrogens with two attached hydrogens (primary N) is 1. The number of aliphatic imine (C=N–C) groups is 1. The van der Waals surface area contributed by atoms with Gasteiger partial charge in [0.05, 0.1) is 6.61 Å². The predicted molar refractivity (Wildman–Crippen MR) is 58.6 cm³/mol. The second-order valence-corrected chi connectivity index (χ2v) is 2.73. The van der Waals surface area contributed by atoms with E-state index >= 15 is 0 Å². The lowest BCUT2D eigenvalue weighted by Gasteiger charge is -1.99. The number of rotatable bonds is 5. The van der Waals surface area contributed by atoms with Crippen LogP contribution >= 0.6 is 0 Å². The van der Waals surface area contributed by atoms with Crippen LogP contribution in [-0.4, -0.2) is 31.1 Å². The number of hydrogen-bond acceptors (Lipinski definition) is 5. The Hall–Kier alpha value is -1.85. The molecule has 90 valence electrons. The highest BCUT2D eigenvalue weighted by Gasteiger charge is 2.02. The van der Waals surface area contributed by atoms with E-state index in [2.05, 4.69) is 14.5 Å². The van der Waals surface area contributed by atoms with E-state index < -0.39 is 11.9 Å². The summed E-state index contributed by atoms with van der Waals surface area (Å²) < 4.78 is 9.14. The summed E-state index contributed by atoms with van der Waals surface area (Å²) in [6.07, 6.45) is 2.71. The fourth-order valence-electron chi connectivity index (χ4n) is 0.718. The normalized spacial score (nSPS) is 11.5. The number of carbonyl (C=O) groups is 2. The first-order valence-corrected chi connectivity index (χ1v) is 4.96. The van der Waals surface area contributed by atoms with Crippen molar-refractivity contribution >= 4 is 18.0 Å². The van der Waals surface area contributed by atoms with Gasteiger partial charge in [0, 0.05) is 18.7 Å². The first-order valence-electron chi connectivity index (χ1n) is 4.96. The van der Waals surface area contributed by atoms with E-state index in [1.807, 2.05) is 6.92 Å². The van der Waals surface area contributed by atoms with Gasteiger partial charge >= 0.3 is 11.9 Å². The monoisotopic (exact) mass is 228 g/mol. The van der Waals surface area contributed by atoms with E-state index in [4.69, 9.17) is 5.73 Å². The Balaban J connectivity index is 4.03. The molecule has 0 amide bonds. The quantitative estimate of drug-likeness (QED) is 0.318. The van der Waals surface area contributed by atoms with Gasteiger partial charge in [-0.2, -0.15) is 0 Å². The highest BCUT2D eigenvalue weighted by Crippen LogP contribution is 1.87. The molecule has 0 heterocycles. The molecule has 0 unspecified atom stereocenters. The first kappa shape index (κ1) is 14.2. The zero-order valence-corrected chi connectivity index (χ0v) is 9.43. The molecule has 16 heavy (non-hydrogen) atoms. The summed E-state index contributed by atoms with van der Waals surface area (Å²) in [5.74, 6) is -1.37. The van der Waals surface area contributed by atoms with Crippen molar-refractivity contribution in [3.63, 3.8) is 0 Å². The molecule has 0 bridgehead atoms. The molecule has 0 saturated carbocycles. The summed E-state index contributed by atoms with van der Waals surface area (Å²) >= 11 is 0. The molecule has 0 rings (SSSR count). The maximum atomic E-state index is 11.0. The van der Waals surface area contributed by atoms with Crippen LogP contribution < -0.4 is 5.73 Å². The van der Waals surface area contributed by atoms with Crippen molar-refractivity contribution in [1.29, 1.82) is 0 Å². The van der Waals surface area contributed by atoms with E-state index in [9.17, 15) is 9.59 Å². The molecule has 6 heteroatoms. The number of esters is 2. The molecule has 0 fully saturated rings. The number of carbonyl (C=O) groups excluding carboxylic acids is 2. The molecule has 0 aromatic carbocycles. The predicted octanol–water partition coefficient (Wildman–Crippen LogP) is 0.374. The van der Waals surface area contributed by atoms with E-state index in [1.165, 1.54) is 0 Å². The molecule has 6 nitrogen and oxygen atoms in total. The zero-order valence-electron chi connectivity index (χ0n) is 9.43. The van der Waals surface area contributed by atoms with Gasteiger partial charge in [0.2, 0.25) is 0 Å². The van der Waals surface area contributed by atoms with Crippen LogP contribution in [0.3, 0.4) is 0 Å². The van der Waals surface area contributed by atoms with E-state index in [-0.39, 0.29) is 12.6 Å². The van der Waals surface area contributed by atoms with Gasteiger partial charge in [-0.1, -0.05) is 6.92 Å². The lowest BCUT2D eigenvalue weighted by atomic mass is 10.5. The molecule has 0 aliphatic carbocycles. The van der Waals surface area contributed by atoms with Crippen LogP contribution in [0.5, 0.6) is 0 Å². The topological polar surface area (TPSA) is 91.0 Å². The highest BCUT2D eigenvalue weighted by atomic mass is 16.6. The molecule has 0 aromatic rings. The van der Waals surface area contributed by atoms with Gasteiger partial charge < -0.3 is 15.2 Å². The summed E-state index contributed by atoms with van der Waals surface area (Å²) in [5, 5.41) is 0. The molecular formula is C10H16N2O4. The number of ether oxygens (including phenoxy) is 2. The van der Waals surface area contributed by atoms with Crippen molar-refractivity contribution in [2.45, 2.75) is 20.3 Å². The van der Waals surface area contributed by atoms with Crippen LogP contribution in [0.4, 0.5) is 0 Å². The standard InChI is InChI=1S/C10H16N2O4/c1-3-7-12-10(11)16-9(14)6-5-8(13)15-4-2/h5-6H,3-4,7H2,1-2H3,(H2,11,12)/b6-5+. The minimum absolute atomic E-state index is 0.208. The molecule has 0 aliphatic rings. The Morgan fingerprint density at radius 2 is 1.88 bits per heavy atom. The van der Waals surface area contributed by atoms with Crippen molar-refractivity contribution in [3.05, 3.63) is 12.2 Å². The third-order valence-corrected chi connectivity index (χ3v) is 1.34. The molecule has 0 radical (unpaired) electrons. The van der Waals surface area contributed by atoms with Crippen molar-refractivity contribution in [2.24, 2.45) is 10.7 Å². The molecular weight excluding hydrogens is 212 g/mol. The molecule has 0 atom stereocenters. The average Bonchev–Trinajstić information content (AvgIpc) is 2.24. The van der Waals surface area contributed by atoms with Crippen LogP contribution in [0.1, 0.15) is 20.3 Å². The van der Waals surface area contributed by atoms with Crippen molar-refractivity contribution < 1.29 is 19.1 Å². The third-order valence-electron chi connectivity index (χ3n) is 1.34. The Morgan fingerprint density at radius 1 is 1.25 bits per heavy atom. The Labute approximate surface area is 94.1 Å². The van der Waals surface area contributed by atoms with Crippen LogP contribution in [0.25, 0.3) is 0 Å². The SMILES string of the molecule is CCCN=C(N)OC(=O)/C=C/C(=O)OCC. The Bertz CT molecular complexity index is 297. The van der Waals surface area contributed by atoms with E-state index in [0.29, 0.717) is 6.54 Å². The molecule has 0 spiro atoms. The Kier molecular flexibility index (Phi) is 7.48. The van der Waals surface area contributed by atoms with Crippen molar-refractivity contribution in [1.82, 2.24) is 0 Å². The fraction of sp³-hybridized carbons (Fsp3) is 0.500. The lowest BCUT2D eigenvalue weighted by Crippen LogP contribution is -2.20. The second-order valence-electron chi connectivity index (χ2n) is 2.73. The number of nitrogens with zero attached hydrogens (tertiary/aromatic N) is 1.